The third-order valence-corrected chi connectivity index (χ3v) is 2.23. The zero-order chi connectivity index (χ0) is 8.65. The Morgan fingerprint density at radius 2 is 1.58 bits per heavy atom. The van der Waals surface area contributed by atoms with E-state index in [1.54, 1.807) is 0 Å². The summed E-state index contributed by atoms with van der Waals surface area (Å²) in [5.74, 6) is 0.809. The maximum absolute atomic E-state index is 5.57. The van der Waals surface area contributed by atoms with Crippen LogP contribution in [0.5, 0.6) is 0 Å². The van der Waals surface area contributed by atoms with Gasteiger partial charge in [0.1, 0.15) is 0 Å². The van der Waals surface area contributed by atoms with Gasteiger partial charge in [0, 0.05) is 24.8 Å². The average molecular weight is 186 g/mol. The van der Waals surface area contributed by atoms with E-state index in [2.05, 4.69) is 29.1 Å². The van der Waals surface area contributed by atoms with E-state index >= 15 is 0 Å². The Labute approximate surface area is 79.3 Å². The first kappa shape index (κ1) is 9.66. The van der Waals surface area contributed by atoms with E-state index in [0.717, 1.165) is 18.8 Å². The van der Waals surface area contributed by atoms with Crippen molar-refractivity contribution in [1.82, 2.24) is 4.57 Å². The molecule has 1 heterocycles. The van der Waals surface area contributed by atoms with Crippen molar-refractivity contribution in [2.45, 2.75) is 32.2 Å². The predicted octanol–water partition coefficient (Wildman–Crippen LogP) is 3.29. The van der Waals surface area contributed by atoms with Crippen LogP contribution in [0.4, 0.5) is 0 Å². The standard InChI is InChI=1S/C10H16ClN/c11-7-3-1-2-4-8-12-9-5-6-10-12/h5-6,9-10H,1-4,7-8H2. The number of aryl methyl sites for hydroxylation is 1. The molecule has 0 aliphatic rings. The molecule has 0 aromatic carbocycles. The Kier molecular flexibility index (Phi) is 4.93. The molecule has 0 bridgehead atoms. The zero-order valence-electron chi connectivity index (χ0n) is 7.38. The molecule has 0 amide bonds. The van der Waals surface area contributed by atoms with E-state index in [1.165, 1.54) is 19.3 Å². The van der Waals surface area contributed by atoms with Gasteiger partial charge in [0.05, 0.1) is 0 Å². The zero-order valence-corrected chi connectivity index (χ0v) is 8.13. The molecule has 0 N–H and O–H groups in total. The molecule has 0 fully saturated rings. The Morgan fingerprint density at radius 3 is 2.25 bits per heavy atom. The lowest BCUT2D eigenvalue weighted by atomic mass is 10.2. The Hall–Kier alpha value is -0.430. The molecule has 68 valence electrons. The van der Waals surface area contributed by atoms with Crippen molar-refractivity contribution in [2.24, 2.45) is 0 Å². The van der Waals surface area contributed by atoms with E-state index in [4.69, 9.17) is 11.6 Å². The molecule has 0 aliphatic heterocycles. The van der Waals surface area contributed by atoms with Crippen LogP contribution in [0.1, 0.15) is 25.7 Å². The van der Waals surface area contributed by atoms with Gasteiger partial charge in [0.15, 0.2) is 0 Å². The summed E-state index contributed by atoms with van der Waals surface area (Å²) in [6, 6.07) is 4.14. The van der Waals surface area contributed by atoms with E-state index < -0.39 is 0 Å². The van der Waals surface area contributed by atoms with Crippen molar-refractivity contribution in [1.29, 1.82) is 0 Å². The normalized spacial score (nSPS) is 10.4. The number of hydrogen-bond acceptors (Lipinski definition) is 0. The maximum Gasteiger partial charge on any atom is 0.0223 e. The van der Waals surface area contributed by atoms with Crippen molar-refractivity contribution < 1.29 is 0 Å². The number of halogens is 1. The van der Waals surface area contributed by atoms with Crippen LogP contribution >= 0.6 is 11.6 Å². The van der Waals surface area contributed by atoms with Gasteiger partial charge in [0.2, 0.25) is 0 Å². The van der Waals surface area contributed by atoms with Gasteiger partial charge >= 0.3 is 0 Å². The first-order valence-electron chi connectivity index (χ1n) is 4.60. The SMILES string of the molecule is ClCCCCCCn1cccc1. The quantitative estimate of drug-likeness (QED) is 0.474. The van der Waals surface area contributed by atoms with Crippen LogP contribution in [-0.2, 0) is 6.54 Å². The van der Waals surface area contributed by atoms with Gasteiger partial charge in [-0.25, -0.2) is 0 Å². The number of aromatic nitrogens is 1. The summed E-state index contributed by atoms with van der Waals surface area (Å²) >= 11 is 5.57. The van der Waals surface area contributed by atoms with Crippen molar-refractivity contribution >= 4 is 11.6 Å². The molecular formula is C10H16ClN. The smallest absolute Gasteiger partial charge is 0.0223 e. The second-order valence-corrected chi connectivity index (χ2v) is 3.40. The molecular weight excluding hydrogens is 170 g/mol. The fourth-order valence-electron chi connectivity index (χ4n) is 1.26. The lowest BCUT2D eigenvalue weighted by molar-refractivity contribution is 0.585. The van der Waals surface area contributed by atoms with Gasteiger partial charge in [0.25, 0.3) is 0 Å². The highest BCUT2D eigenvalue weighted by Gasteiger charge is 1.90. The summed E-state index contributed by atoms with van der Waals surface area (Å²) in [6.07, 6.45) is 9.22. The summed E-state index contributed by atoms with van der Waals surface area (Å²) < 4.78 is 2.22. The third kappa shape index (κ3) is 3.82. The molecule has 1 rings (SSSR count). The van der Waals surface area contributed by atoms with Gasteiger partial charge in [-0.2, -0.15) is 0 Å². The number of rotatable bonds is 6. The molecule has 0 unspecified atom stereocenters. The molecule has 0 spiro atoms. The van der Waals surface area contributed by atoms with Crippen LogP contribution < -0.4 is 0 Å². The topological polar surface area (TPSA) is 4.93 Å². The number of nitrogens with zero attached hydrogens (tertiary/aromatic N) is 1. The fraction of sp³-hybridized carbons (Fsp3) is 0.600. The number of hydrogen-bond donors (Lipinski definition) is 0. The van der Waals surface area contributed by atoms with Crippen molar-refractivity contribution in [3.63, 3.8) is 0 Å². The Bertz CT molecular complexity index is 182. The third-order valence-electron chi connectivity index (χ3n) is 1.97. The van der Waals surface area contributed by atoms with Crippen molar-refractivity contribution in [2.75, 3.05) is 5.88 Å². The predicted molar refractivity (Wildman–Crippen MR) is 53.6 cm³/mol. The van der Waals surface area contributed by atoms with Crippen LogP contribution in [-0.4, -0.2) is 10.4 Å². The highest BCUT2D eigenvalue weighted by atomic mass is 35.5. The first-order chi connectivity index (χ1) is 5.93. The van der Waals surface area contributed by atoms with Crippen molar-refractivity contribution in [3.8, 4) is 0 Å². The van der Waals surface area contributed by atoms with Gasteiger partial charge in [-0.05, 0) is 25.0 Å². The molecule has 0 atom stereocenters. The summed E-state index contributed by atoms with van der Waals surface area (Å²) in [4.78, 5) is 0. The minimum absolute atomic E-state index is 0.809. The van der Waals surface area contributed by atoms with Gasteiger partial charge < -0.3 is 4.57 Å². The number of unbranched alkanes of at least 4 members (excludes halogenated alkanes) is 3. The van der Waals surface area contributed by atoms with Gasteiger partial charge in [-0.15, -0.1) is 11.6 Å². The van der Waals surface area contributed by atoms with Crippen LogP contribution in [0, 0.1) is 0 Å². The Balaban J connectivity index is 1.96. The largest absolute Gasteiger partial charge is 0.354 e. The maximum atomic E-state index is 5.57. The van der Waals surface area contributed by atoms with Gasteiger partial charge in [-0.1, -0.05) is 12.8 Å². The molecule has 0 saturated carbocycles. The second kappa shape index (κ2) is 6.13. The van der Waals surface area contributed by atoms with Crippen LogP contribution in [0.25, 0.3) is 0 Å². The molecule has 0 saturated heterocycles. The van der Waals surface area contributed by atoms with E-state index in [9.17, 15) is 0 Å². The van der Waals surface area contributed by atoms with Gasteiger partial charge in [-0.3, -0.25) is 0 Å². The van der Waals surface area contributed by atoms with E-state index in [-0.39, 0.29) is 0 Å². The fourth-order valence-corrected chi connectivity index (χ4v) is 1.45. The summed E-state index contributed by atoms with van der Waals surface area (Å²) in [6.45, 7) is 1.15. The molecule has 0 radical (unpaired) electrons. The Morgan fingerprint density at radius 1 is 0.917 bits per heavy atom. The molecule has 1 nitrogen and oxygen atoms in total. The average Bonchev–Trinajstić information content (AvgIpc) is 2.57. The summed E-state index contributed by atoms with van der Waals surface area (Å²) in [5.41, 5.74) is 0. The summed E-state index contributed by atoms with van der Waals surface area (Å²) in [7, 11) is 0. The number of alkyl halides is 1. The minimum atomic E-state index is 0.809. The molecule has 1 aromatic heterocycles. The molecule has 1 aromatic rings. The first-order valence-corrected chi connectivity index (χ1v) is 5.13. The van der Waals surface area contributed by atoms with E-state index in [1.807, 2.05) is 0 Å². The lowest BCUT2D eigenvalue weighted by Gasteiger charge is -2.01. The molecule has 12 heavy (non-hydrogen) atoms. The minimum Gasteiger partial charge on any atom is -0.354 e. The van der Waals surface area contributed by atoms with Crippen molar-refractivity contribution in [3.05, 3.63) is 24.5 Å². The van der Waals surface area contributed by atoms with Crippen LogP contribution in [0.3, 0.4) is 0 Å². The molecule has 0 aliphatic carbocycles. The highest BCUT2D eigenvalue weighted by Crippen LogP contribution is 2.03. The summed E-state index contributed by atoms with van der Waals surface area (Å²) in [5, 5.41) is 0. The van der Waals surface area contributed by atoms with E-state index in [0.29, 0.717) is 0 Å². The monoisotopic (exact) mass is 185 g/mol. The second-order valence-electron chi connectivity index (χ2n) is 3.02. The van der Waals surface area contributed by atoms with Crippen LogP contribution in [0.15, 0.2) is 24.5 Å². The highest BCUT2D eigenvalue weighted by molar-refractivity contribution is 6.17. The molecule has 2 heteroatoms. The lowest BCUT2D eigenvalue weighted by Crippen LogP contribution is -1.93. The van der Waals surface area contributed by atoms with Crippen LogP contribution in [0.2, 0.25) is 0 Å².